The summed E-state index contributed by atoms with van der Waals surface area (Å²) in [6, 6.07) is 8.15. The molecule has 1 heterocycles. The summed E-state index contributed by atoms with van der Waals surface area (Å²) in [6.45, 7) is 2.13. The van der Waals surface area contributed by atoms with Gasteiger partial charge in [-0.1, -0.05) is 35.3 Å². The third-order valence-electron chi connectivity index (χ3n) is 3.09. The van der Waals surface area contributed by atoms with Gasteiger partial charge in [0.1, 0.15) is 11.3 Å². The van der Waals surface area contributed by atoms with Gasteiger partial charge in [0.2, 0.25) is 0 Å². The van der Waals surface area contributed by atoms with Crippen LogP contribution in [0.15, 0.2) is 36.8 Å². The fourth-order valence-corrected chi connectivity index (χ4v) is 2.24. The molecule has 0 saturated carbocycles. The molecule has 0 aliphatic carbocycles. The normalized spacial score (nSPS) is 12.2. The van der Waals surface area contributed by atoms with Crippen molar-refractivity contribution in [2.45, 2.75) is 19.4 Å². The van der Waals surface area contributed by atoms with E-state index in [1.54, 1.807) is 6.20 Å². The fraction of sp³-hybridized carbons (Fsp3) is 0.286. The van der Waals surface area contributed by atoms with Gasteiger partial charge in [-0.2, -0.15) is 0 Å². The molecule has 0 N–H and O–H groups in total. The third-order valence-corrected chi connectivity index (χ3v) is 3.61. The number of aromatic nitrogens is 2. The molecule has 0 bridgehead atoms. The lowest BCUT2D eigenvalue weighted by Gasteiger charge is -2.26. The van der Waals surface area contributed by atoms with Crippen LogP contribution in [-0.2, 0) is 6.42 Å². The minimum atomic E-state index is 0.272. The fourth-order valence-electron chi connectivity index (χ4n) is 1.87. The second-order valence-electron chi connectivity index (χ2n) is 4.48. The summed E-state index contributed by atoms with van der Waals surface area (Å²) in [7, 11) is 1.98. The van der Waals surface area contributed by atoms with Gasteiger partial charge in [-0.3, -0.25) is 0 Å². The molecule has 1 unspecified atom stereocenters. The van der Waals surface area contributed by atoms with Crippen LogP contribution in [0.25, 0.3) is 0 Å². The predicted octanol–water partition coefficient (Wildman–Crippen LogP) is 3.85. The SMILES string of the molecule is CC(Cc1ccc(Cl)cc1)N(C)c1ncncc1Cl. The van der Waals surface area contributed by atoms with Gasteiger partial charge in [0.25, 0.3) is 0 Å². The number of likely N-dealkylation sites (N-methyl/N-ethyl adjacent to an activating group) is 1. The van der Waals surface area contributed by atoms with Gasteiger partial charge in [0.15, 0.2) is 5.82 Å². The first-order valence-corrected chi connectivity index (χ1v) is 6.76. The Bertz CT molecular complexity index is 543. The van der Waals surface area contributed by atoms with Crippen molar-refractivity contribution >= 4 is 29.0 Å². The monoisotopic (exact) mass is 295 g/mol. The van der Waals surface area contributed by atoms with Gasteiger partial charge >= 0.3 is 0 Å². The number of anilines is 1. The van der Waals surface area contributed by atoms with E-state index in [0.29, 0.717) is 5.02 Å². The maximum absolute atomic E-state index is 6.10. The molecule has 0 radical (unpaired) electrons. The topological polar surface area (TPSA) is 29.0 Å². The zero-order chi connectivity index (χ0) is 13.8. The van der Waals surface area contributed by atoms with Crippen LogP contribution in [-0.4, -0.2) is 23.1 Å². The molecule has 1 atom stereocenters. The van der Waals surface area contributed by atoms with E-state index in [2.05, 4.69) is 21.8 Å². The van der Waals surface area contributed by atoms with E-state index >= 15 is 0 Å². The predicted molar refractivity (Wildman–Crippen MR) is 80.1 cm³/mol. The molecule has 0 spiro atoms. The minimum Gasteiger partial charge on any atom is -0.355 e. The molecule has 5 heteroatoms. The highest BCUT2D eigenvalue weighted by Crippen LogP contribution is 2.23. The van der Waals surface area contributed by atoms with Crippen LogP contribution in [0.3, 0.4) is 0 Å². The van der Waals surface area contributed by atoms with E-state index in [4.69, 9.17) is 23.2 Å². The number of halogens is 2. The molecule has 2 aromatic rings. The molecule has 1 aromatic heterocycles. The van der Waals surface area contributed by atoms with Crippen LogP contribution < -0.4 is 4.90 Å². The quantitative estimate of drug-likeness (QED) is 0.858. The summed E-state index contributed by atoms with van der Waals surface area (Å²) >= 11 is 12.0. The Balaban J connectivity index is 2.09. The Morgan fingerprint density at radius 3 is 2.53 bits per heavy atom. The largest absolute Gasteiger partial charge is 0.355 e. The Morgan fingerprint density at radius 1 is 1.21 bits per heavy atom. The summed E-state index contributed by atoms with van der Waals surface area (Å²) in [5.41, 5.74) is 1.23. The second kappa shape index (κ2) is 6.22. The molecule has 0 aliphatic rings. The molecule has 0 fully saturated rings. The highest BCUT2D eigenvalue weighted by molar-refractivity contribution is 6.32. The van der Waals surface area contributed by atoms with Gasteiger partial charge in [-0.05, 0) is 31.0 Å². The molecule has 19 heavy (non-hydrogen) atoms. The van der Waals surface area contributed by atoms with E-state index in [1.165, 1.54) is 11.9 Å². The third kappa shape index (κ3) is 3.58. The van der Waals surface area contributed by atoms with E-state index in [0.717, 1.165) is 17.3 Å². The average Bonchev–Trinajstić information content (AvgIpc) is 2.41. The van der Waals surface area contributed by atoms with Crippen molar-refractivity contribution < 1.29 is 0 Å². The molecule has 0 aliphatic heterocycles. The van der Waals surface area contributed by atoms with E-state index in [1.807, 2.05) is 31.3 Å². The van der Waals surface area contributed by atoms with Crippen LogP contribution in [0.2, 0.25) is 10.0 Å². The van der Waals surface area contributed by atoms with Crippen molar-refractivity contribution in [3.8, 4) is 0 Å². The molecule has 2 rings (SSSR count). The molecule has 100 valence electrons. The van der Waals surface area contributed by atoms with Crippen LogP contribution in [0.1, 0.15) is 12.5 Å². The lowest BCUT2D eigenvalue weighted by atomic mass is 10.1. The van der Waals surface area contributed by atoms with E-state index in [9.17, 15) is 0 Å². The Hall–Kier alpha value is -1.32. The smallest absolute Gasteiger partial charge is 0.150 e. The number of hydrogen-bond acceptors (Lipinski definition) is 3. The van der Waals surface area contributed by atoms with Gasteiger partial charge in [-0.15, -0.1) is 0 Å². The first-order valence-electron chi connectivity index (χ1n) is 6.00. The average molecular weight is 296 g/mol. The highest BCUT2D eigenvalue weighted by Gasteiger charge is 2.14. The zero-order valence-corrected chi connectivity index (χ0v) is 12.4. The highest BCUT2D eigenvalue weighted by atomic mass is 35.5. The molecule has 3 nitrogen and oxygen atoms in total. The first kappa shape index (κ1) is 14.1. The molecule has 0 amide bonds. The van der Waals surface area contributed by atoms with Crippen molar-refractivity contribution in [3.63, 3.8) is 0 Å². The van der Waals surface area contributed by atoms with Crippen molar-refractivity contribution in [2.75, 3.05) is 11.9 Å². The molecular weight excluding hydrogens is 281 g/mol. The Kier molecular flexibility index (Phi) is 4.61. The van der Waals surface area contributed by atoms with Gasteiger partial charge in [-0.25, -0.2) is 9.97 Å². The second-order valence-corrected chi connectivity index (χ2v) is 5.33. The van der Waals surface area contributed by atoms with Crippen molar-refractivity contribution in [2.24, 2.45) is 0 Å². The number of rotatable bonds is 4. The van der Waals surface area contributed by atoms with Crippen molar-refractivity contribution in [1.29, 1.82) is 0 Å². The van der Waals surface area contributed by atoms with E-state index < -0.39 is 0 Å². The zero-order valence-electron chi connectivity index (χ0n) is 10.8. The van der Waals surface area contributed by atoms with Crippen LogP contribution in [0, 0.1) is 0 Å². The van der Waals surface area contributed by atoms with Crippen LogP contribution in [0.4, 0.5) is 5.82 Å². The maximum Gasteiger partial charge on any atom is 0.150 e. The van der Waals surface area contributed by atoms with Gasteiger partial charge < -0.3 is 4.90 Å². The van der Waals surface area contributed by atoms with E-state index in [-0.39, 0.29) is 6.04 Å². The lowest BCUT2D eigenvalue weighted by Crippen LogP contribution is -2.31. The summed E-state index contributed by atoms with van der Waals surface area (Å²) < 4.78 is 0. The van der Waals surface area contributed by atoms with Crippen LogP contribution in [0.5, 0.6) is 0 Å². The molecule has 0 saturated heterocycles. The van der Waals surface area contributed by atoms with Crippen molar-refractivity contribution in [1.82, 2.24) is 9.97 Å². The van der Waals surface area contributed by atoms with Crippen LogP contribution >= 0.6 is 23.2 Å². The Morgan fingerprint density at radius 2 is 1.89 bits per heavy atom. The standard InChI is InChI=1S/C14H15Cl2N3/c1-10(7-11-3-5-12(15)6-4-11)19(2)14-13(16)8-17-9-18-14/h3-6,8-10H,7H2,1-2H3. The van der Waals surface area contributed by atoms with Crippen molar-refractivity contribution in [3.05, 3.63) is 52.4 Å². The number of benzene rings is 1. The molecule has 1 aromatic carbocycles. The minimum absolute atomic E-state index is 0.272. The van der Waals surface area contributed by atoms with Gasteiger partial charge in [0.05, 0.1) is 6.20 Å². The summed E-state index contributed by atoms with van der Waals surface area (Å²) in [5.74, 6) is 0.748. The summed E-state index contributed by atoms with van der Waals surface area (Å²) in [5, 5.41) is 1.32. The number of hydrogen-bond donors (Lipinski definition) is 0. The maximum atomic E-state index is 6.10. The number of nitrogens with zero attached hydrogens (tertiary/aromatic N) is 3. The Labute approximate surface area is 123 Å². The first-order chi connectivity index (χ1) is 9.08. The summed E-state index contributed by atoms with van der Waals surface area (Å²) in [6.07, 6.45) is 4.01. The lowest BCUT2D eigenvalue weighted by molar-refractivity contribution is 0.673. The summed E-state index contributed by atoms with van der Waals surface area (Å²) in [4.78, 5) is 10.2. The molecular formula is C14H15Cl2N3. The van der Waals surface area contributed by atoms with Gasteiger partial charge in [0, 0.05) is 18.1 Å².